The van der Waals surface area contributed by atoms with E-state index in [2.05, 4.69) is 5.32 Å². The van der Waals surface area contributed by atoms with Crippen LogP contribution in [-0.2, 0) is 20.4 Å². The van der Waals surface area contributed by atoms with Crippen LogP contribution in [0.3, 0.4) is 0 Å². The van der Waals surface area contributed by atoms with E-state index in [1.807, 2.05) is 0 Å². The fraction of sp³-hybridized carbons (Fsp3) is 0.294. The maximum absolute atomic E-state index is 12.9. The molecule has 1 amide bonds. The van der Waals surface area contributed by atoms with Gasteiger partial charge in [-0.15, -0.1) is 11.3 Å². The molecule has 0 saturated heterocycles. The number of methoxy groups -OCH3 is 1. The lowest BCUT2D eigenvalue weighted by Gasteiger charge is -2.15. The van der Waals surface area contributed by atoms with Crippen molar-refractivity contribution in [3.63, 3.8) is 0 Å². The zero-order valence-electron chi connectivity index (χ0n) is 14.2. The Bertz CT molecular complexity index is 777. The second-order valence-corrected chi connectivity index (χ2v) is 6.10. The molecule has 0 aliphatic rings. The summed E-state index contributed by atoms with van der Waals surface area (Å²) in [5.74, 6) is -1.45. The number of benzene rings is 1. The predicted octanol–water partition coefficient (Wildman–Crippen LogP) is 3.59. The highest BCUT2D eigenvalue weighted by atomic mass is 32.1. The maximum atomic E-state index is 12.9. The number of halogens is 3. The molecule has 0 aliphatic heterocycles. The summed E-state index contributed by atoms with van der Waals surface area (Å²) in [5.41, 5.74) is -1.13. The van der Waals surface area contributed by atoms with Crippen LogP contribution < -0.4 is 10.1 Å². The van der Waals surface area contributed by atoms with E-state index in [0.29, 0.717) is 4.88 Å². The molecular weight excluding hydrogens is 387 g/mol. The van der Waals surface area contributed by atoms with Crippen molar-refractivity contribution in [2.45, 2.75) is 6.18 Å². The summed E-state index contributed by atoms with van der Waals surface area (Å²) in [6.45, 7) is -0.352. The molecule has 0 atom stereocenters. The molecule has 2 rings (SSSR count). The standard InChI is InChI=1S/C17H16F3NO5S/c1-24-6-7-25-13-5-4-11(17(18,19)20)9-12(13)21-15(22)10-26-16(23)14-3-2-8-27-14/h2-5,8-9H,6-7,10H2,1H3,(H,21,22). The minimum Gasteiger partial charge on any atom is -0.489 e. The van der Waals surface area contributed by atoms with E-state index in [9.17, 15) is 22.8 Å². The highest BCUT2D eigenvalue weighted by molar-refractivity contribution is 7.11. The van der Waals surface area contributed by atoms with Gasteiger partial charge in [0.2, 0.25) is 0 Å². The van der Waals surface area contributed by atoms with Crippen LogP contribution in [0.5, 0.6) is 5.75 Å². The number of hydrogen-bond acceptors (Lipinski definition) is 6. The summed E-state index contributed by atoms with van der Waals surface area (Å²) < 4.78 is 53.7. The highest BCUT2D eigenvalue weighted by Crippen LogP contribution is 2.35. The van der Waals surface area contributed by atoms with Crippen LogP contribution in [0.4, 0.5) is 18.9 Å². The number of amides is 1. The molecule has 146 valence electrons. The molecule has 0 spiro atoms. The van der Waals surface area contributed by atoms with Gasteiger partial charge in [-0.05, 0) is 29.6 Å². The van der Waals surface area contributed by atoms with E-state index in [-0.39, 0.29) is 24.7 Å². The van der Waals surface area contributed by atoms with Gasteiger partial charge < -0.3 is 19.5 Å². The largest absolute Gasteiger partial charge is 0.489 e. The summed E-state index contributed by atoms with van der Waals surface area (Å²) in [5, 5.41) is 3.94. The number of thiophene rings is 1. The van der Waals surface area contributed by atoms with Crippen LogP contribution in [0.15, 0.2) is 35.7 Å². The van der Waals surface area contributed by atoms with Crippen LogP contribution in [0.2, 0.25) is 0 Å². The number of alkyl halides is 3. The molecule has 0 radical (unpaired) electrons. The van der Waals surface area contributed by atoms with Gasteiger partial charge in [-0.1, -0.05) is 6.07 Å². The lowest BCUT2D eigenvalue weighted by atomic mass is 10.1. The Balaban J connectivity index is 2.06. The van der Waals surface area contributed by atoms with Crippen molar-refractivity contribution < 1.29 is 37.0 Å². The van der Waals surface area contributed by atoms with Gasteiger partial charge in [0.15, 0.2) is 6.61 Å². The quantitative estimate of drug-likeness (QED) is 0.539. The van der Waals surface area contributed by atoms with Gasteiger partial charge >= 0.3 is 12.1 Å². The molecule has 10 heteroatoms. The zero-order chi connectivity index (χ0) is 19.9. The number of hydrogen-bond donors (Lipinski definition) is 1. The van der Waals surface area contributed by atoms with Gasteiger partial charge in [-0.2, -0.15) is 13.2 Å². The van der Waals surface area contributed by atoms with E-state index in [1.165, 1.54) is 13.2 Å². The fourth-order valence-electron chi connectivity index (χ4n) is 1.95. The summed E-state index contributed by atoms with van der Waals surface area (Å²) in [4.78, 5) is 24.0. The van der Waals surface area contributed by atoms with Crippen LogP contribution in [0.1, 0.15) is 15.2 Å². The number of anilines is 1. The minimum atomic E-state index is -4.59. The van der Waals surface area contributed by atoms with Gasteiger partial charge in [-0.25, -0.2) is 4.79 Å². The molecule has 1 N–H and O–H groups in total. The smallest absolute Gasteiger partial charge is 0.416 e. The van der Waals surface area contributed by atoms with E-state index in [0.717, 1.165) is 29.5 Å². The fourth-order valence-corrected chi connectivity index (χ4v) is 2.56. The highest BCUT2D eigenvalue weighted by Gasteiger charge is 2.31. The lowest BCUT2D eigenvalue weighted by Crippen LogP contribution is -2.21. The van der Waals surface area contributed by atoms with Gasteiger partial charge in [0.05, 0.1) is 17.9 Å². The first-order valence-electron chi connectivity index (χ1n) is 7.64. The van der Waals surface area contributed by atoms with Gasteiger partial charge in [0, 0.05) is 7.11 Å². The van der Waals surface area contributed by atoms with Crippen molar-refractivity contribution in [3.8, 4) is 5.75 Å². The molecule has 1 aromatic heterocycles. The monoisotopic (exact) mass is 403 g/mol. The number of esters is 1. The van der Waals surface area contributed by atoms with Crippen LogP contribution in [0.25, 0.3) is 0 Å². The third kappa shape index (κ3) is 6.26. The number of carbonyl (C=O) groups excluding carboxylic acids is 2. The molecule has 6 nitrogen and oxygen atoms in total. The Morgan fingerprint density at radius 2 is 1.96 bits per heavy atom. The van der Waals surface area contributed by atoms with Crippen molar-refractivity contribution in [1.82, 2.24) is 0 Å². The molecule has 0 bridgehead atoms. The first-order valence-corrected chi connectivity index (χ1v) is 8.52. The van der Waals surface area contributed by atoms with Crippen molar-refractivity contribution >= 4 is 28.9 Å². The molecular formula is C17H16F3NO5S. The zero-order valence-corrected chi connectivity index (χ0v) is 15.0. The SMILES string of the molecule is COCCOc1ccc(C(F)(F)F)cc1NC(=O)COC(=O)c1cccs1. The van der Waals surface area contributed by atoms with E-state index in [4.69, 9.17) is 14.2 Å². The van der Waals surface area contributed by atoms with Crippen molar-refractivity contribution in [3.05, 3.63) is 46.2 Å². The molecule has 0 unspecified atom stereocenters. The van der Waals surface area contributed by atoms with Gasteiger partial charge in [0.1, 0.15) is 17.2 Å². The molecule has 0 fully saturated rings. The van der Waals surface area contributed by atoms with Crippen molar-refractivity contribution in [1.29, 1.82) is 0 Å². The Hall–Kier alpha value is -2.59. The summed E-state index contributed by atoms with van der Waals surface area (Å²) in [6, 6.07) is 5.87. The minimum absolute atomic E-state index is 0.0398. The summed E-state index contributed by atoms with van der Waals surface area (Å²) in [7, 11) is 1.45. The number of carbonyl (C=O) groups is 2. The Labute approximate surface area is 156 Å². The molecule has 0 aliphatic carbocycles. The van der Waals surface area contributed by atoms with E-state index >= 15 is 0 Å². The Morgan fingerprint density at radius 3 is 2.59 bits per heavy atom. The molecule has 2 aromatic rings. The van der Waals surface area contributed by atoms with E-state index in [1.54, 1.807) is 11.4 Å². The number of rotatable bonds is 8. The van der Waals surface area contributed by atoms with Crippen molar-refractivity contribution in [2.24, 2.45) is 0 Å². The average molecular weight is 403 g/mol. The van der Waals surface area contributed by atoms with Crippen molar-refractivity contribution in [2.75, 3.05) is 32.2 Å². The molecule has 0 saturated carbocycles. The van der Waals surface area contributed by atoms with Crippen LogP contribution >= 0.6 is 11.3 Å². The Kier molecular flexibility index (Phi) is 7.19. The van der Waals surface area contributed by atoms with Gasteiger partial charge in [0.25, 0.3) is 5.91 Å². The second-order valence-electron chi connectivity index (χ2n) is 5.15. The molecule has 1 heterocycles. The average Bonchev–Trinajstić information content (AvgIpc) is 3.15. The number of nitrogens with one attached hydrogen (secondary N) is 1. The summed E-state index contributed by atoms with van der Waals surface area (Å²) >= 11 is 1.14. The van der Waals surface area contributed by atoms with Gasteiger partial charge in [-0.3, -0.25) is 4.79 Å². The summed E-state index contributed by atoms with van der Waals surface area (Å²) in [6.07, 6.45) is -4.59. The van der Waals surface area contributed by atoms with Crippen LogP contribution in [0, 0.1) is 0 Å². The van der Waals surface area contributed by atoms with E-state index < -0.39 is 30.2 Å². The first kappa shape index (κ1) is 20.7. The molecule has 1 aromatic carbocycles. The van der Waals surface area contributed by atoms with Crippen LogP contribution in [-0.4, -0.2) is 38.8 Å². The topological polar surface area (TPSA) is 73.9 Å². The Morgan fingerprint density at radius 1 is 1.19 bits per heavy atom. The normalized spacial score (nSPS) is 11.1. The predicted molar refractivity (Wildman–Crippen MR) is 92.0 cm³/mol. The number of ether oxygens (including phenoxy) is 3. The second kappa shape index (κ2) is 9.38. The third-order valence-corrected chi connectivity index (χ3v) is 4.03. The first-order chi connectivity index (χ1) is 12.8. The maximum Gasteiger partial charge on any atom is 0.416 e. The lowest BCUT2D eigenvalue weighted by molar-refractivity contribution is -0.137. The molecule has 27 heavy (non-hydrogen) atoms. The third-order valence-electron chi connectivity index (χ3n) is 3.18.